The molecule has 0 heterocycles. The smallest absolute Gasteiger partial charge is 0.140 e. The highest BCUT2D eigenvalue weighted by Crippen LogP contribution is 2.49. The molecule has 0 aromatic carbocycles. The van der Waals surface area contributed by atoms with Gasteiger partial charge in [0.1, 0.15) is 23.5 Å². The average molecular weight is 228 g/mol. The van der Waals surface area contributed by atoms with Crippen LogP contribution in [0.2, 0.25) is 0 Å². The van der Waals surface area contributed by atoms with Crippen LogP contribution in [0.1, 0.15) is 33.1 Å². The van der Waals surface area contributed by atoms with Crippen molar-refractivity contribution in [3.63, 3.8) is 0 Å². The predicted octanol–water partition coefficient (Wildman–Crippen LogP) is 2.60. The van der Waals surface area contributed by atoms with E-state index in [1.54, 1.807) is 0 Å². The van der Waals surface area contributed by atoms with Gasteiger partial charge in [0.05, 0.1) is 0 Å². The Balaban J connectivity index is 2.48. The molecular weight excluding hydrogens is 212 g/mol. The normalized spacial score (nSPS) is 36.0. The second-order valence-electron chi connectivity index (χ2n) is 5.35. The molecule has 0 saturated heterocycles. The summed E-state index contributed by atoms with van der Waals surface area (Å²) >= 11 is 0. The Hall–Kier alpha value is -1.61. The van der Waals surface area contributed by atoms with Gasteiger partial charge in [0.25, 0.3) is 0 Å². The van der Waals surface area contributed by atoms with E-state index in [9.17, 15) is 4.79 Å². The predicted molar refractivity (Wildman–Crippen MR) is 62.4 cm³/mol. The molecule has 3 nitrogen and oxygen atoms in total. The number of ketones is 1. The molecule has 0 bridgehead atoms. The van der Waals surface area contributed by atoms with Crippen molar-refractivity contribution in [2.45, 2.75) is 33.1 Å². The minimum atomic E-state index is 0.0467. The molecule has 0 N–H and O–H groups in total. The summed E-state index contributed by atoms with van der Waals surface area (Å²) < 4.78 is 0. The lowest BCUT2D eigenvalue weighted by Crippen LogP contribution is -2.32. The second-order valence-corrected chi connectivity index (χ2v) is 5.35. The topological polar surface area (TPSA) is 64.7 Å². The fraction of sp³-hybridized carbons (Fsp3) is 0.643. The molecule has 0 aromatic heterocycles. The Bertz CT molecular complexity index is 448. The molecule has 0 radical (unpaired) electrons. The lowest BCUT2D eigenvalue weighted by atomic mass is 9.68. The van der Waals surface area contributed by atoms with Crippen molar-refractivity contribution in [1.82, 2.24) is 0 Å². The Kier molecular flexibility index (Phi) is 3.03. The summed E-state index contributed by atoms with van der Waals surface area (Å²) in [7, 11) is 0. The van der Waals surface area contributed by atoms with E-state index in [2.05, 4.69) is 13.8 Å². The van der Waals surface area contributed by atoms with Crippen molar-refractivity contribution in [1.29, 1.82) is 10.5 Å². The first-order valence-corrected chi connectivity index (χ1v) is 6.16. The summed E-state index contributed by atoms with van der Waals surface area (Å²) in [6.45, 7) is 4.25. The minimum Gasteiger partial charge on any atom is -0.299 e. The summed E-state index contributed by atoms with van der Waals surface area (Å²) in [5, 5.41) is 17.9. The van der Waals surface area contributed by atoms with Gasteiger partial charge in [-0.25, -0.2) is 0 Å². The SMILES string of the molecule is CC1CCC(C)C2C(=C(C#N)C#N)CC(=O)C12. The van der Waals surface area contributed by atoms with Crippen LogP contribution in [0.5, 0.6) is 0 Å². The molecule has 0 amide bonds. The second kappa shape index (κ2) is 4.34. The van der Waals surface area contributed by atoms with Crippen molar-refractivity contribution in [2.24, 2.45) is 23.7 Å². The maximum atomic E-state index is 12.1. The zero-order valence-corrected chi connectivity index (χ0v) is 10.2. The molecular formula is C14H16N2O. The highest BCUT2D eigenvalue weighted by Gasteiger charge is 2.47. The third-order valence-electron chi connectivity index (χ3n) is 4.37. The van der Waals surface area contributed by atoms with Crippen LogP contribution in [0.15, 0.2) is 11.1 Å². The van der Waals surface area contributed by atoms with Gasteiger partial charge in [0.15, 0.2) is 0 Å². The number of rotatable bonds is 0. The standard InChI is InChI=1S/C14H16N2O/c1-8-3-4-9(2)14-12(17)5-11(13(8)14)10(6-15)7-16/h8-9,13-14H,3-5H2,1-2H3. The van der Waals surface area contributed by atoms with E-state index in [4.69, 9.17) is 10.5 Å². The van der Waals surface area contributed by atoms with E-state index in [0.717, 1.165) is 18.4 Å². The first kappa shape index (κ1) is 11.9. The fourth-order valence-corrected chi connectivity index (χ4v) is 3.52. The number of hydrogen-bond acceptors (Lipinski definition) is 3. The summed E-state index contributed by atoms with van der Waals surface area (Å²) in [5.41, 5.74) is 0.982. The average Bonchev–Trinajstić information content (AvgIpc) is 2.65. The Morgan fingerprint density at radius 1 is 1.12 bits per heavy atom. The fourth-order valence-electron chi connectivity index (χ4n) is 3.52. The van der Waals surface area contributed by atoms with E-state index < -0.39 is 0 Å². The summed E-state index contributed by atoms with van der Waals surface area (Å²) in [4.78, 5) is 12.1. The van der Waals surface area contributed by atoms with Gasteiger partial charge in [0.2, 0.25) is 0 Å². The molecule has 2 aliphatic carbocycles. The molecule has 2 rings (SSSR count). The molecule has 0 aliphatic heterocycles. The number of Topliss-reactive ketones (excluding diaryl/α,β-unsaturated/α-hetero) is 1. The molecule has 88 valence electrons. The first-order chi connectivity index (χ1) is 8.10. The van der Waals surface area contributed by atoms with Crippen molar-refractivity contribution in [3.05, 3.63) is 11.1 Å². The number of nitrogens with zero attached hydrogens (tertiary/aromatic N) is 2. The van der Waals surface area contributed by atoms with Crippen LogP contribution in [0.3, 0.4) is 0 Å². The number of nitriles is 2. The van der Waals surface area contributed by atoms with Gasteiger partial charge in [-0.1, -0.05) is 13.8 Å². The maximum Gasteiger partial charge on any atom is 0.140 e. The first-order valence-electron chi connectivity index (χ1n) is 6.16. The molecule has 17 heavy (non-hydrogen) atoms. The van der Waals surface area contributed by atoms with E-state index in [0.29, 0.717) is 18.3 Å². The Morgan fingerprint density at radius 3 is 2.18 bits per heavy atom. The molecule has 0 aromatic rings. The van der Waals surface area contributed by atoms with Crippen molar-refractivity contribution in [2.75, 3.05) is 0 Å². The lowest BCUT2D eigenvalue weighted by Gasteiger charge is -2.35. The molecule has 3 heteroatoms. The van der Waals surface area contributed by atoms with Gasteiger partial charge in [-0.15, -0.1) is 0 Å². The van der Waals surface area contributed by atoms with Crippen LogP contribution in [-0.2, 0) is 4.79 Å². The van der Waals surface area contributed by atoms with E-state index in [1.165, 1.54) is 0 Å². The number of allylic oxidation sites excluding steroid dienone is 2. The molecule has 2 fully saturated rings. The molecule has 0 spiro atoms. The van der Waals surface area contributed by atoms with Crippen molar-refractivity contribution >= 4 is 5.78 Å². The van der Waals surface area contributed by atoms with Gasteiger partial charge in [0, 0.05) is 12.3 Å². The third-order valence-corrected chi connectivity index (χ3v) is 4.37. The van der Waals surface area contributed by atoms with Crippen LogP contribution in [0, 0.1) is 46.3 Å². The van der Waals surface area contributed by atoms with Crippen LogP contribution < -0.4 is 0 Å². The van der Waals surface area contributed by atoms with Crippen LogP contribution >= 0.6 is 0 Å². The molecule has 4 unspecified atom stereocenters. The van der Waals surface area contributed by atoms with Crippen LogP contribution in [0.25, 0.3) is 0 Å². The zero-order valence-electron chi connectivity index (χ0n) is 10.2. The number of fused-ring (bicyclic) bond motifs is 1. The van der Waals surface area contributed by atoms with Gasteiger partial charge in [-0.05, 0) is 36.2 Å². The van der Waals surface area contributed by atoms with Gasteiger partial charge < -0.3 is 0 Å². The van der Waals surface area contributed by atoms with E-state index in [1.807, 2.05) is 12.1 Å². The Morgan fingerprint density at radius 2 is 1.65 bits per heavy atom. The highest BCUT2D eigenvalue weighted by molar-refractivity contribution is 5.88. The van der Waals surface area contributed by atoms with Crippen LogP contribution in [0.4, 0.5) is 0 Å². The van der Waals surface area contributed by atoms with Gasteiger partial charge in [-0.3, -0.25) is 4.79 Å². The van der Waals surface area contributed by atoms with E-state index in [-0.39, 0.29) is 23.2 Å². The summed E-state index contributed by atoms with van der Waals surface area (Å²) in [6, 6.07) is 3.90. The monoisotopic (exact) mass is 228 g/mol. The quantitative estimate of drug-likeness (QED) is 0.598. The highest BCUT2D eigenvalue weighted by atomic mass is 16.1. The minimum absolute atomic E-state index is 0.0467. The molecule has 2 aliphatic rings. The number of carbonyl (C=O) groups excluding carboxylic acids is 1. The van der Waals surface area contributed by atoms with Gasteiger partial charge in [-0.2, -0.15) is 10.5 Å². The van der Waals surface area contributed by atoms with Crippen molar-refractivity contribution in [3.8, 4) is 12.1 Å². The van der Waals surface area contributed by atoms with Crippen LogP contribution in [-0.4, -0.2) is 5.78 Å². The largest absolute Gasteiger partial charge is 0.299 e. The number of hydrogen-bond donors (Lipinski definition) is 0. The lowest BCUT2D eigenvalue weighted by molar-refractivity contribution is -0.124. The van der Waals surface area contributed by atoms with Crippen molar-refractivity contribution < 1.29 is 4.79 Å². The van der Waals surface area contributed by atoms with Gasteiger partial charge >= 0.3 is 0 Å². The maximum absolute atomic E-state index is 12.1. The van der Waals surface area contributed by atoms with E-state index >= 15 is 0 Å². The zero-order chi connectivity index (χ0) is 12.6. The Labute approximate surface area is 102 Å². The number of carbonyl (C=O) groups is 1. The summed E-state index contributed by atoms with van der Waals surface area (Å²) in [6.07, 6.45) is 2.49. The molecule has 2 saturated carbocycles. The third kappa shape index (κ3) is 1.76. The summed E-state index contributed by atoms with van der Waals surface area (Å²) in [5.74, 6) is 1.22. The molecule has 4 atom stereocenters.